The first-order valence-electron chi connectivity index (χ1n) is 6.63. The van der Waals surface area contributed by atoms with Gasteiger partial charge in [0.15, 0.2) is 0 Å². The lowest BCUT2D eigenvalue weighted by molar-refractivity contribution is 0.0934. The lowest BCUT2D eigenvalue weighted by Crippen LogP contribution is -2.34. The molecule has 0 saturated heterocycles. The largest absolute Gasteiger partial charge is 0.493 e. The number of para-hydroxylation sites is 1. The third-order valence-electron chi connectivity index (χ3n) is 3.36. The van der Waals surface area contributed by atoms with E-state index in [2.05, 4.69) is 16.4 Å². The Balaban J connectivity index is 1.56. The van der Waals surface area contributed by atoms with E-state index in [0.717, 1.165) is 17.2 Å². The quantitative estimate of drug-likeness (QED) is 0.943. The number of nitrogens with zero attached hydrogens (tertiary/aromatic N) is 1. The standard InChI is InChI=1S/C15H16N2O2S/c1-10-17-13(9-20-10)15(18)16-7-11-6-12-4-2-3-5-14(12)19-8-11/h2-5,9,11H,6-8H2,1H3,(H,16,18)/t11-/m1/s1. The van der Waals surface area contributed by atoms with Gasteiger partial charge in [0, 0.05) is 17.8 Å². The van der Waals surface area contributed by atoms with Crippen LogP contribution in [-0.4, -0.2) is 24.0 Å². The van der Waals surface area contributed by atoms with Gasteiger partial charge in [-0.3, -0.25) is 4.79 Å². The third kappa shape index (κ3) is 2.82. The van der Waals surface area contributed by atoms with Gasteiger partial charge in [-0.1, -0.05) is 18.2 Å². The Labute approximate surface area is 121 Å². The highest BCUT2D eigenvalue weighted by atomic mass is 32.1. The van der Waals surface area contributed by atoms with Crippen LogP contribution in [0.4, 0.5) is 0 Å². The molecule has 20 heavy (non-hydrogen) atoms. The van der Waals surface area contributed by atoms with Crippen LogP contribution < -0.4 is 10.1 Å². The highest BCUT2D eigenvalue weighted by Crippen LogP contribution is 2.26. The number of ether oxygens (including phenoxy) is 1. The predicted molar refractivity (Wildman–Crippen MR) is 78.3 cm³/mol. The van der Waals surface area contributed by atoms with Gasteiger partial charge in [-0.2, -0.15) is 0 Å². The molecule has 104 valence electrons. The predicted octanol–water partition coefficient (Wildman–Crippen LogP) is 2.43. The van der Waals surface area contributed by atoms with Crippen LogP contribution in [0.15, 0.2) is 29.6 Å². The summed E-state index contributed by atoms with van der Waals surface area (Å²) in [5.74, 6) is 1.17. The maximum Gasteiger partial charge on any atom is 0.270 e. The Hall–Kier alpha value is -1.88. The zero-order chi connectivity index (χ0) is 13.9. The van der Waals surface area contributed by atoms with Crippen molar-refractivity contribution in [3.63, 3.8) is 0 Å². The Bertz CT molecular complexity index is 624. The Kier molecular flexibility index (Phi) is 3.69. The van der Waals surface area contributed by atoms with Gasteiger partial charge >= 0.3 is 0 Å². The number of hydrogen-bond donors (Lipinski definition) is 1. The molecule has 0 saturated carbocycles. The van der Waals surface area contributed by atoms with Crippen molar-refractivity contribution in [2.45, 2.75) is 13.3 Å². The zero-order valence-corrected chi connectivity index (χ0v) is 12.1. The molecule has 2 heterocycles. The summed E-state index contributed by atoms with van der Waals surface area (Å²) < 4.78 is 5.71. The normalized spacial score (nSPS) is 17.1. The summed E-state index contributed by atoms with van der Waals surface area (Å²) in [5, 5.41) is 5.63. The van der Waals surface area contributed by atoms with Crippen molar-refractivity contribution < 1.29 is 9.53 Å². The summed E-state index contributed by atoms with van der Waals surface area (Å²) in [6, 6.07) is 8.06. The average Bonchev–Trinajstić information content (AvgIpc) is 2.91. The van der Waals surface area contributed by atoms with Crippen molar-refractivity contribution in [1.82, 2.24) is 10.3 Å². The van der Waals surface area contributed by atoms with Crippen LogP contribution in [0, 0.1) is 12.8 Å². The first-order valence-corrected chi connectivity index (χ1v) is 7.51. The highest BCUT2D eigenvalue weighted by molar-refractivity contribution is 7.09. The lowest BCUT2D eigenvalue weighted by Gasteiger charge is -2.25. The first-order chi connectivity index (χ1) is 9.72. The molecule has 1 aliphatic rings. The number of hydrogen-bond acceptors (Lipinski definition) is 4. The molecule has 5 heteroatoms. The molecule has 0 aliphatic carbocycles. The van der Waals surface area contributed by atoms with Crippen LogP contribution in [0.2, 0.25) is 0 Å². The second-order valence-electron chi connectivity index (χ2n) is 4.95. The van der Waals surface area contributed by atoms with Gasteiger partial charge in [0.1, 0.15) is 11.4 Å². The fraction of sp³-hybridized carbons (Fsp3) is 0.333. The van der Waals surface area contributed by atoms with E-state index in [1.165, 1.54) is 16.9 Å². The van der Waals surface area contributed by atoms with Crippen molar-refractivity contribution in [2.75, 3.05) is 13.2 Å². The molecule has 2 aromatic rings. The van der Waals surface area contributed by atoms with Crippen LogP contribution in [0.5, 0.6) is 5.75 Å². The summed E-state index contributed by atoms with van der Waals surface area (Å²) in [6.45, 7) is 3.16. The molecule has 0 bridgehead atoms. The van der Waals surface area contributed by atoms with Gasteiger partial charge in [0.2, 0.25) is 0 Å². The number of thiazole rings is 1. The average molecular weight is 288 g/mol. The van der Waals surface area contributed by atoms with E-state index in [0.29, 0.717) is 24.8 Å². The second kappa shape index (κ2) is 5.63. The van der Waals surface area contributed by atoms with Crippen molar-refractivity contribution in [1.29, 1.82) is 0 Å². The van der Waals surface area contributed by atoms with Gasteiger partial charge in [-0.25, -0.2) is 4.98 Å². The van der Waals surface area contributed by atoms with E-state index in [-0.39, 0.29) is 5.91 Å². The maximum atomic E-state index is 11.9. The monoisotopic (exact) mass is 288 g/mol. The van der Waals surface area contributed by atoms with Crippen molar-refractivity contribution in [3.8, 4) is 5.75 Å². The fourth-order valence-electron chi connectivity index (χ4n) is 2.32. The highest BCUT2D eigenvalue weighted by Gasteiger charge is 2.20. The van der Waals surface area contributed by atoms with E-state index in [9.17, 15) is 4.79 Å². The smallest absolute Gasteiger partial charge is 0.270 e. The minimum Gasteiger partial charge on any atom is -0.493 e. The first kappa shape index (κ1) is 13.1. The molecule has 0 fully saturated rings. The minimum atomic E-state index is -0.104. The van der Waals surface area contributed by atoms with Gasteiger partial charge in [0.05, 0.1) is 11.6 Å². The summed E-state index contributed by atoms with van der Waals surface area (Å²) in [4.78, 5) is 16.1. The van der Waals surface area contributed by atoms with Gasteiger partial charge < -0.3 is 10.1 Å². The van der Waals surface area contributed by atoms with Crippen molar-refractivity contribution in [2.24, 2.45) is 5.92 Å². The minimum absolute atomic E-state index is 0.104. The molecule has 4 nitrogen and oxygen atoms in total. The molecule has 1 N–H and O–H groups in total. The van der Waals surface area contributed by atoms with Crippen LogP contribution >= 0.6 is 11.3 Å². The molecule has 0 radical (unpaired) electrons. The van der Waals surface area contributed by atoms with Crippen LogP contribution in [-0.2, 0) is 6.42 Å². The fourth-order valence-corrected chi connectivity index (χ4v) is 2.91. The summed E-state index contributed by atoms with van der Waals surface area (Å²) in [6.07, 6.45) is 0.937. The lowest BCUT2D eigenvalue weighted by atomic mass is 9.97. The third-order valence-corrected chi connectivity index (χ3v) is 4.13. The van der Waals surface area contributed by atoms with E-state index < -0.39 is 0 Å². The SMILES string of the molecule is Cc1nc(C(=O)NC[C@@H]2COc3ccccc3C2)cs1. The van der Waals surface area contributed by atoms with E-state index in [1.54, 1.807) is 5.38 Å². The summed E-state index contributed by atoms with van der Waals surface area (Å²) >= 11 is 1.49. The Morgan fingerprint density at radius 3 is 3.15 bits per heavy atom. The van der Waals surface area contributed by atoms with Crippen LogP contribution in [0.1, 0.15) is 21.1 Å². The summed E-state index contributed by atoms with van der Waals surface area (Å²) in [5.41, 5.74) is 1.71. The molecular formula is C15H16N2O2S. The van der Waals surface area contributed by atoms with Crippen molar-refractivity contribution >= 4 is 17.2 Å². The number of carbonyl (C=O) groups is 1. The van der Waals surface area contributed by atoms with Crippen LogP contribution in [0.3, 0.4) is 0 Å². The van der Waals surface area contributed by atoms with E-state index in [4.69, 9.17) is 4.74 Å². The molecule has 1 aromatic heterocycles. The van der Waals surface area contributed by atoms with Crippen LogP contribution in [0.25, 0.3) is 0 Å². The molecule has 1 aliphatic heterocycles. The maximum absolute atomic E-state index is 11.9. The summed E-state index contributed by atoms with van der Waals surface area (Å²) in [7, 11) is 0. The van der Waals surface area contributed by atoms with Crippen molar-refractivity contribution in [3.05, 3.63) is 45.9 Å². The topological polar surface area (TPSA) is 51.2 Å². The zero-order valence-electron chi connectivity index (χ0n) is 11.3. The Morgan fingerprint density at radius 2 is 2.35 bits per heavy atom. The molecular weight excluding hydrogens is 272 g/mol. The van der Waals surface area contributed by atoms with E-state index >= 15 is 0 Å². The molecule has 1 aromatic carbocycles. The molecule has 3 rings (SSSR count). The second-order valence-corrected chi connectivity index (χ2v) is 6.01. The van der Waals surface area contributed by atoms with Gasteiger partial charge in [0.25, 0.3) is 5.91 Å². The van der Waals surface area contributed by atoms with E-state index in [1.807, 2.05) is 25.1 Å². The molecule has 1 atom stereocenters. The Morgan fingerprint density at radius 1 is 1.50 bits per heavy atom. The molecule has 0 spiro atoms. The number of rotatable bonds is 3. The number of carbonyl (C=O) groups excluding carboxylic acids is 1. The number of nitrogens with one attached hydrogen (secondary N) is 1. The number of benzene rings is 1. The van der Waals surface area contributed by atoms with Gasteiger partial charge in [-0.15, -0.1) is 11.3 Å². The van der Waals surface area contributed by atoms with Gasteiger partial charge in [-0.05, 0) is 25.0 Å². The number of aryl methyl sites for hydroxylation is 1. The molecule has 0 unspecified atom stereocenters. The molecule has 1 amide bonds. The number of fused-ring (bicyclic) bond motifs is 1. The number of aromatic nitrogens is 1. The number of amides is 1.